The van der Waals surface area contributed by atoms with Crippen molar-refractivity contribution in [2.75, 3.05) is 0 Å². The van der Waals surface area contributed by atoms with Crippen LogP contribution in [-0.4, -0.2) is 45.5 Å². The van der Waals surface area contributed by atoms with Crippen LogP contribution in [0.15, 0.2) is 0 Å². The summed E-state index contributed by atoms with van der Waals surface area (Å²) in [4.78, 5) is 0. The molecule has 5 heavy (non-hydrogen) atoms. The van der Waals surface area contributed by atoms with E-state index in [4.69, 9.17) is 3.87 Å². The van der Waals surface area contributed by atoms with E-state index >= 15 is 0 Å². The Balaban J connectivity index is -0.00000000167. The summed E-state index contributed by atoms with van der Waals surface area (Å²) in [5, 5.41) is 0. The van der Waals surface area contributed by atoms with Crippen LogP contribution in [0.25, 0.3) is 0 Å². The van der Waals surface area contributed by atoms with Crippen LogP contribution in [0.5, 0.6) is 0 Å². The molecule has 0 aliphatic carbocycles. The van der Waals surface area contributed by atoms with Gasteiger partial charge in [-0.25, -0.2) is 0 Å². The van der Waals surface area contributed by atoms with Crippen molar-refractivity contribution in [2.24, 2.45) is 0 Å². The third kappa shape index (κ3) is 18.5. The number of hydrogen-bond acceptors (Lipinski definition) is 1. The van der Waals surface area contributed by atoms with E-state index in [9.17, 15) is 0 Å². The van der Waals surface area contributed by atoms with Crippen molar-refractivity contribution in [3.63, 3.8) is 0 Å². The van der Waals surface area contributed by atoms with Crippen molar-refractivity contribution in [3.05, 3.63) is 0 Å². The predicted octanol–water partition coefficient (Wildman–Crippen LogP) is -1.04. The van der Waals surface area contributed by atoms with Crippen LogP contribution in [0.3, 0.4) is 0 Å². The van der Waals surface area contributed by atoms with Crippen molar-refractivity contribution in [3.8, 4) is 0 Å². The summed E-state index contributed by atoms with van der Waals surface area (Å²) in [6.07, 6.45) is 0. The van der Waals surface area contributed by atoms with Crippen molar-refractivity contribution < 1.29 is 72.2 Å². The zero-order valence-electron chi connectivity index (χ0n) is 1.70. The molecule has 5 heteroatoms. The van der Waals surface area contributed by atoms with Crippen LogP contribution in [-0.2, 0) is 36.6 Å². The fraction of sp³-hybridized carbons (Fsp3) is 0. The average Bonchev–Trinajstić information content (AvgIpc) is 1.00. The molecular weight excluding hydrogens is 356 g/mol. The predicted molar refractivity (Wildman–Crippen MR) is 9.23 cm³/mol. The van der Waals surface area contributed by atoms with E-state index in [1.54, 1.807) is 0 Å². The molecule has 0 aromatic heterocycles. The topological polar surface area (TPSA) is 17.1 Å². The molecule has 1 nitrogen and oxygen atoms in total. The molecule has 0 aliphatic rings. The van der Waals surface area contributed by atoms with Crippen LogP contribution in [0, 0.1) is 35.6 Å². The second kappa shape index (κ2) is 25.9. The first-order valence-corrected chi connectivity index (χ1v) is 0.561. The molecule has 0 rings (SSSR count). The monoisotopic (exact) mass is 359 g/mol. The van der Waals surface area contributed by atoms with E-state index in [0.29, 0.717) is 0 Å². The summed E-state index contributed by atoms with van der Waals surface area (Å²) in [5.74, 6) is 0. The maximum absolute atomic E-state index is 7.94. The Morgan fingerprint density at radius 2 is 1.20 bits per heavy atom. The summed E-state index contributed by atoms with van der Waals surface area (Å²) in [6, 6.07) is 0. The van der Waals surface area contributed by atoms with Gasteiger partial charge in [0.1, 0.15) is 0 Å². The Labute approximate surface area is 115 Å². The molecule has 0 bridgehead atoms. The van der Waals surface area contributed by atoms with Crippen molar-refractivity contribution in [1.82, 2.24) is 0 Å². The molecule has 0 saturated carbocycles. The number of hydrogen-bond donors (Lipinski definition) is 0. The maximum atomic E-state index is 7.94. The molecule has 0 aliphatic heterocycles. The van der Waals surface area contributed by atoms with Gasteiger partial charge in [-0.15, -0.1) is 0 Å². The Morgan fingerprint density at radius 1 is 1.20 bits per heavy atom. The van der Waals surface area contributed by atoms with Gasteiger partial charge in [0, 0.05) is 52.7 Å². The minimum atomic E-state index is 0. The van der Waals surface area contributed by atoms with Crippen molar-refractivity contribution in [1.29, 1.82) is 0 Å². The summed E-state index contributed by atoms with van der Waals surface area (Å²) in [5.41, 5.74) is 0. The van der Waals surface area contributed by atoms with Crippen LogP contribution in [0.1, 0.15) is 0 Å². The van der Waals surface area contributed by atoms with E-state index in [2.05, 4.69) is 15.7 Å². The molecule has 0 fully saturated rings. The molecule has 0 heterocycles. The second-order valence-corrected chi connectivity index (χ2v) is 0. The fourth-order valence-electron chi connectivity index (χ4n) is 0. The zero-order valence-corrected chi connectivity index (χ0v) is 7.54. The van der Waals surface area contributed by atoms with Gasteiger partial charge in [-0.05, 0) is 0 Å². The molecule has 0 saturated heterocycles. The standard InChI is InChI=1S/Co.La.Mn.O.Sr.2H. The molecule has 0 unspecified atom stereocenters. The third-order valence-electron chi connectivity index (χ3n) is 0. The van der Waals surface area contributed by atoms with Crippen LogP contribution < -0.4 is 0 Å². The first-order valence-electron chi connectivity index (χ1n) is 0.136. The third-order valence-corrected chi connectivity index (χ3v) is 0. The van der Waals surface area contributed by atoms with Gasteiger partial charge < -0.3 is 0 Å². The van der Waals surface area contributed by atoms with E-state index in [0.717, 1.165) is 0 Å². The summed E-state index contributed by atoms with van der Waals surface area (Å²) in [6.45, 7) is 0. The minimum absolute atomic E-state index is 0. The van der Waals surface area contributed by atoms with E-state index in [1.807, 2.05) is 0 Å². The normalized spacial score (nSPS) is 1.00. The van der Waals surface area contributed by atoms with Gasteiger partial charge in [-0.2, -0.15) is 0 Å². The van der Waals surface area contributed by atoms with Gasteiger partial charge in [-0.3, -0.25) is 0 Å². The first kappa shape index (κ1) is 23.6. The SMILES string of the molecule is [La].[Mn].[O]=[Co].[SrH2]. The summed E-state index contributed by atoms with van der Waals surface area (Å²) < 4.78 is 7.94. The molecule has 2 radical (unpaired) electrons. The van der Waals surface area contributed by atoms with Gasteiger partial charge >= 0.3 is 65.0 Å². The summed E-state index contributed by atoms with van der Waals surface area (Å²) in [7, 11) is 0. The molecular formula is H2CoLaMnOSr. The van der Waals surface area contributed by atoms with Crippen LogP contribution in [0.4, 0.5) is 0 Å². The van der Waals surface area contributed by atoms with Crippen molar-refractivity contribution in [2.45, 2.75) is 0 Å². The first-order chi connectivity index (χ1) is 1.00. The molecule has 0 N–H and O–H groups in total. The average molecular weight is 358 g/mol. The quantitative estimate of drug-likeness (QED) is 0.506. The zero-order chi connectivity index (χ0) is 2.00. The Morgan fingerprint density at radius 3 is 1.20 bits per heavy atom. The van der Waals surface area contributed by atoms with E-state index in [1.165, 1.54) is 0 Å². The van der Waals surface area contributed by atoms with E-state index in [-0.39, 0.29) is 98.1 Å². The second-order valence-electron chi connectivity index (χ2n) is 0. The van der Waals surface area contributed by atoms with Crippen LogP contribution >= 0.6 is 0 Å². The van der Waals surface area contributed by atoms with Crippen LogP contribution in [0.2, 0.25) is 0 Å². The Hall–Kier alpha value is 3.50. The number of rotatable bonds is 0. The molecule has 29 valence electrons. The summed E-state index contributed by atoms with van der Waals surface area (Å²) >= 11 is 2.31. The van der Waals surface area contributed by atoms with Gasteiger partial charge in [0.2, 0.25) is 0 Å². The van der Waals surface area contributed by atoms with Gasteiger partial charge in [0.15, 0.2) is 0 Å². The van der Waals surface area contributed by atoms with Gasteiger partial charge in [0.25, 0.3) is 0 Å². The Bertz CT molecular complexity index is 11.6. The Kier molecular flexibility index (Phi) is 122. The molecule has 0 spiro atoms. The molecule has 0 aromatic rings. The molecule has 0 atom stereocenters. The fourth-order valence-corrected chi connectivity index (χ4v) is 0. The molecule has 0 amide bonds. The van der Waals surface area contributed by atoms with Crippen molar-refractivity contribution >= 4 is 45.5 Å². The molecule has 0 aromatic carbocycles. The van der Waals surface area contributed by atoms with Gasteiger partial charge in [0.05, 0.1) is 0 Å². The van der Waals surface area contributed by atoms with Gasteiger partial charge in [-0.1, -0.05) is 0 Å². The van der Waals surface area contributed by atoms with E-state index < -0.39 is 0 Å².